The first-order valence-corrected chi connectivity index (χ1v) is 7.36. The van der Waals surface area contributed by atoms with Gasteiger partial charge in [-0.05, 0) is 74.0 Å². The van der Waals surface area contributed by atoms with Gasteiger partial charge in [0.15, 0.2) is 0 Å². The normalized spacial score (nSPS) is 11.6. The van der Waals surface area contributed by atoms with Crippen LogP contribution in [0.5, 0.6) is 0 Å². The van der Waals surface area contributed by atoms with Crippen LogP contribution in [-0.2, 0) is 12.1 Å². The van der Waals surface area contributed by atoms with Gasteiger partial charge < -0.3 is 5.32 Å². The fourth-order valence-corrected chi connectivity index (χ4v) is 2.37. The van der Waals surface area contributed by atoms with Gasteiger partial charge in [-0.25, -0.2) is 4.68 Å². The average Bonchev–Trinajstić information content (AvgIpc) is 2.76. The van der Waals surface area contributed by atoms with Gasteiger partial charge in [-0.3, -0.25) is 0 Å². The van der Waals surface area contributed by atoms with E-state index in [2.05, 4.69) is 84.1 Å². The second kappa shape index (κ2) is 5.48. The Labute approximate surface area is 127 Å². The van der Waals surface area contributed by atoms with Gasteiger partial charge in [0.25, 0.3) is 0 Å². The summed E-state index contributed by atoms with van der Waals surface area (Å²) in [6, 6.07) is 6.36. The van der Waals surface area contributed by atoms with Crippen LogP contribution in [0, 0.1) is 10.5 Å². The summed E-state index contributed by atoms with van der Waals surface area (Å²) in [4.78, 5) is 0. The molecule has 1 aromatic heterocycles. The third-order valence-electron chi connectivity index (χ3n) is 2.88. The number of nitrogens with one attached hydrogen (secondary N) is 1. The summed E-state index contributed by atoms with van der Waals surface area (Å²) in [6.07, 6.45) is 2.00. The number of halogens is 1. The maximum Gasteiger partial charge on any atom is 0.102 e. The highest BCUT2D eigenvalue weighted by Crippen LogP contribution is 2.18. The summed E-state index contributed by atoms with van der Waals surface area (Å²) in [5.74, 6) is 0. The Hall–Kier alpha value is -1.11. The summed E-state index contributed by atoms with van der Waals surface area (Å²) >= 11 is 2.32. The lowest BCUT2D eigenvalue weighted by Crippen LogP contribution is -2.22. The van der Waals surface area contributed by atoms with Gasteiger partial charge in [0.05, 0.1) is 18.3 Å². The van der Waals surface area contributed by atoms with Gasteiger partial charge in [0.2, 0.25) is 0 Å². The Kier molecular flexibility index (Phi) is 4.13. The molecular weight excluding hydrogens is 351 g/mol. The Balaban J connectivity index is 2.04. The van der Waals surface area contributed by atoms with Gasteiger partial charge in [-0.2, -0.15) is 0 Å². The fraction of sp³-hybridized carbons (Fsp3) is 0.429. The molecule has 0 radical (unpaired) electrons. The molecule has 0 saturated heterocycles. The van der Waals surface area contributed by atoms with E-state index in [1.165, 1.54) is 9.13 Å². The zero-order chi connectivity index (χ0) is 14.0. The highest BCUT2D eigenvalue weighted by molar-refractivity contribution is 14.1. The molecule has 5 heteroatoms. The number of anilines is 1. The van der Waals surface area contributed by atoms with Crippen LogP contribution in [0.15, 0.2) is 24.4 Å². The number of aromatic nitrogens is 3. The molecule has 0 unspecified atom stereocenters. The molecule has 0 saturated carbocycles. The van der Waals surface area contributed by atoms with Gasteiger partial charge in [0.1, 0.15) is 5.69 Å². The van der Waals surface area contributed by atoms with Crippen molar-refractivity contribution in [1.29, 1.82) is 0 Å². The average molecular weight is 370 g/mol. The summed E-state index contributed by atoms with van der Waals surface area (Å²) in [6.45, 7) is 9.14. The van der Waals surface area contributed by atoms with E-state index < -0.39 is 0 Å². The highest BCUT2D eigenvalue weighted by Gasteiger charge is 2.14. The van der Waals surface area contributed by atoms with Crippen molar-refractivity contribution in [2.45, 2.75) is 39.8 Å². The largest absolute Gasteiger partial charge is 0.379 e. The molecular formula is C14H19IN4. The van der Waals surface area contributed by atoms with E-state index in [1.807, 2.05) is 10.9 Å². The van der Waals surface area contributed by atoms with Gasteiger partial charge in [-0.15, -0.1) is 5.10 Å². The van der Waals surface area contributed by atoms with Crippen LogP contribution in [0.2, 0.25) is 0 Å². The first-order chi connectivity index (χ1) is 8.86. The third-order valence-corrected chi connectivity index (χ3v) is 3.55. The predicted molar refractivity (Wildman–Crippen MR) is 86.2 cm³/mol. The molecule has 0 fully saturated rings. The van der Waals surface area contributed by atoms with E-state index >= 15 is 0 Å². The number of rotatable bonds is 3. The van der Waals surface area contributed by atoms with Crippen molar-refractivity contribution in [3.8, 4) is 0 Å². The number of hydrogen-bond acceptors (Lipinski definition) is 3. The summed E-state index contributed by atoms with van der Waals surface area (Å²) < 4.78 is 3.14. The van der Waals surface area contributed by atoms with Crippen LogP contribution in [0.1, 0.15) is 32.0 Å². The standard InChI is InChI=1S/C14H19IN4/c1-10-7-11(15)5-6-13(10)16-8-12-9-19(18-17-12)14(2,3)4/h5-7,9,16H,8H2,1-4H3. The first kappa shape index (κ1) is 14.3. The van der Waals surface area contributed by atoms with E-state index in [4.69, 9.17) is 0 Å². The van der Waals surface area contributed by atoms with Crippen molar-refractivity contribution < 1.29 is 0 Å². The molecule has 0 aliphatic rings. The Morgan fingerprint density at radius 1 is 1.32 bits per heavy atom. The maximum atomic E-state index is 4.19. The Bertz CT molecular complexity index is 569. The molecule has 0 aliphatic heterocycles. The van der Waals surface area contributed by atoms with Crippen molar-refractivity contribution in [1.82, 2.24) is 15.0 Å². The zero-order valence-electron chi connectivity index (χ0n) is 11.7. The second-order valence-corrected chi connectivity index (χ2v) is 6.88. The van der Waals surface area contributed by atoms with E-state index in [9.17, 15) is 0 Å². The summed E-state index contributed by atoms with van der Waals surface area (Å²) in [5.41, 5.74) is 3.32. The van der Waals surface area contributed by atoms with Crippen molar-refractivity contribution in [2.75, 3.05) is 5.32 Å². The van der Waals surface area contributed by atoms with E-state index in [-0.39, 0.29) is 5.54 Å². The SMILES string of the molecule is Cc1cc(I)ccc1NCc1cn(C(C)(C)C)nn1. The van der Waals surface area contributed by atoms with Gasteiger partial charge in [-0.1, -0.05) is 5.21 Å². The zero-order valence-corrected chi connectivity index (χ0v) is 13.9. The van der Waals surface area contributed by atoms with Gasteiger partial charge >= 0.3 is 0 Å². The van der Waals surface area contributed by atoms with E-state index in [0.29, 0.717) is 6.54 Å². The quantitative estimate of drug-likeness (QED) is 0.841. The predicted octanol–water partition coefficient (Wildman–Crippen LogP) is 3.56. The molecule has 1 N–H and O–H groups in total. The summed E-state index contributed by atoms with van der Waals surface area (Å²) in [7, 11) is 0. The molecule has 2 aromatic rings. The Morgan fingerprint density at radius 2 is 2.05 bits per heavy atom. The number of aryl methyl sites for hydroxylation is 1. The van der Waals surface area contributed by atoms with Crippen molar-refractivity contribution in [3.05, 3.63) is 39.2 Å². The van der Waals surface area contributed by atoms with Crippen molar-refractivity contribution >= 4 is 28.3 Å². The van der Waals surface area contributed by atoms with Crippen LogP contribution in [0.3, 0.4) is 0 Å². The molecule has 1 heterocycles. The Morgan fingerprint density at radius 3 is 2.63 bits per heavy atom. The van der Waals surface area contributed by atoms with Crippen LogP contribution in [0.4, 0.5) is 5.69 Å². The van der Waals surface area contributed by atoms with Gasteiger partial charge in [0, 0.05) is 9.26 Å². The summed E-state index contributed by atoms with van der Waals surface area (Å²) in [5, 5.41) is 11.8. The molecule has 2 rings (SSSR count). The van der Waals surface area contributed by atoms with E-state index in [1.54, 1.807) is 0 Å². The topological polar surface area (TPSA) is 42.7 Å². The third kappa shape index (κ3) is 3.68. The minimum Gasteiger partial charge on any atom is -0.379 e. The number of hydrogen-bond donors (Lipinski definition) is 1. The van der Waals surface area contributed by atoms with Crippen LogP contribution >= 0.6 is 22.6 Å². The van der Waals surface area contributed by atoms with Crippen LogP contribution in [-0.4, -0.2) is 15.0 Å². The fourth-order valence-electron chi connectivity index (χ4n) is 1.72. The number of benzene rings is 1. The van der Waals surface area contributed by atoms with Crippen LogP contribution < -0.4 is 5.32 Å². The van der Waals surface area contributed by atoms with Crippen LogP contribution in [0.25, 0.3) is 0 Å². The molecule has 19 heavy (non-hydrogen) atoms. The molecule has 4 nitrogen and oxygen atoms in total. The lowest BCUT2D eigenvalue weighted by atomic mass is 10.1. The lowest BCUT2D eigenvalue weighted by Gasteiger charge is -2.17. The first-order valence-electron chi connectivity index (χ1n) is 6.28. The lowest BCUT2D eigenvalue weighted by molar-refractivity contribution is 0.347. The maximum absolute atomic E-state index is 4.19. The smallest absolute Gasteiger partial charge is 0.102 e. The second-order valence-electron chi connectivity index (χ2n) is 5.64. The highest BCUT2D eigenvalue weighted by atomic mass is 127. The molecule has 0 amide bonds. The minimum atomic E-state index is -0.0238. The molecule has 102 valence electrons. The molecule has 0 bridgehead atoms. The molecule has 0 atom stereocenters. The molecule has 0 aliphatic carbocycles. The monoisotopic (exact) mass is 370 g/mol. The van der Waals surface area contributed by atoms with Crippen molar-refractivity contribution in [3.63, 3.8) is 0 Å². The molecule has 0 spiro atoms. The minimum absolute atomic E-state index is 0.0238. The molecule has 1 aromatic carbocycles. The number of nitrogens with zero attached hydrogens (tertiary/aromatic N) is 3. The van der Waals surface area contributed by atoms with E-state index in [0.717, 1.165) is 11.4 Å². The van der Waals surface area contributed by atoms with Crippen molar-refractivity contribution in [2.24, 2.45) is 0 Å².